The van der Waals surface area contributed by atoms with Crippen LogP contribution in [-0.2, 0) is 0 Å². The van der Waals surface area contributed by atoms with Crippen LogP contribution in [0.2, 0.25) is 0 Å². The van der Waals surface area contributed by atoms with E-state index in [0.29, 0.717) is 0 Å². The van der Waals surface area contributed by atoms with Gasteiger partial charge in [0.25, 0.3) is 0 Å². The standard InChI is InChI=1S/C14H18OS/c1-11-6-7-14(13(8-11)9-15)16-10-12-4-2-3-5-12/h6-9,12H,2-5,10H2,1H3. The molecule has 2 heteroatoms. The van der Waals surface area contributed by atoms with Crippen LogP contribution >= 0.6 is 11.8 Å². The van der Waals surface area contributed by atoms with Gasteiger partial charge in [0.2, 0.25) is 0 Å². The van der Waals surface area contributed by atoms with Crippen LogP contribution in [0.5, 0.6) is 0 Å². The molecule has 0 atom stereocenters. The summed E-state index contributed by atoms with van der Waals surface area (Å²) in [6.45, 7) is 2.03. The van der Waals surface area contributed by atoms with Gasteiger partial charge in [-0.05, 0) is 37.8 Å². The van der Waals surface area contributed by atoms with Gasteiger partial charge >= 0.3 is 0 Å². The van der Waals surface area contributed by atoms with Crippen LogP contribution in [-0.4, -0.2) is 12.0 Å². The Morgan fingerprint density at radius 1 is 1.38 bits per heavy atom. The zero-order chi connectivity index (χ0) is 11.4. The molecule has 0 amide bonds. The minimum Gasteiger partial charge on any atom is -0.298 e. The monoisotopic (exact) mass is 234 g/mol. The van der Waals surface area contributed by atoms with E-state index in [1.165, 1.54) is 31.4 Å². The van der Waals surface area contributed by atoms with E-state index in [9.17, 15) is 4.79 Å². The maximum absolute atomic E-state index is 11.0. The van der Waals surface area contributed by atoms with E-state index in [0.717, 1.165) is 28.2 Å². The van der Waals surface area contributed by atoms with Gasteiger partial charge in [-0.3, -0.25) is 4.79 Å². The highest BCUT2D eigenvalue weighted by atomic mass is 32.2. The molecule has 1 aliphatic carbocycles. The van der Waals surface area contributed by atoms with Crippen molar-refractivity contribution in [1.82, 2.24) is 0 Å². The van der Waals surface area contributed by atoms with Crippen LogP contribution in [0.1, 0.15) is 41.6 Å². The Morgan fingerprint density at radius 2 is 2.12 bits per heavy atom. The largest absolute Gasteiger partial charge is 0.298 e. The molecule has 0 aliphatic heterocycles. The molecule has 0 radical (unpaired) electrons. The summed E-state index contributed by atoms with van der Waals surface area (Å²) in [5.41, 5.74) is 2.01. The van der Waals surface area contributed by atoms with Crippen molar-refractivity contribution in [2.75, 3.05) is 5.75 Å². The van der Waals surface area contributed by atoms with Crippen molar-refractivity contribution in [2.45, 2.75) is 37.5 Å². The molecule has 1 aromatic rings. The molecule has 0 N–H and O–H groups in total. The number of rotatable bonds is 4. The topological polar surface area (TPSA) is 17.1 Å². The second-order valence-corrected chi connectivity index (χ2v) is 5.68. The number of carbonyl (C=O) groups is 1. The molecule has 1 aliphatic rings. The third-order valence-electron chi connectivity index (χ3n) is 3.24. The lowest BCUT2D eigenvalue weighted by Gasteiger charge is -2.10. The molecule has 0 saturated heterocycles. The predicted molar refractivity (Wildman–Crippen MR) is 69.2 cm³/mol. The Balaban J connectivity index is 1.99. The average Bonchev–Trinajstić information content (AvgIpc) is 2.80. The van der Waals surface area contributed by atoms with Gasteiger partial charge in [0.15, 0.2) is 6.29 Å². The molecule has 1 nitrogen and oxygen atoms in total. The molecule has 2 rings (SSSR count). The third kappa shape index (κ3) is 2.88. The van der Waals surface area contributed by atoms with Gasteiger partial charge in [-0.2, -0.15) is 0 Å². The molecule has 0 bridgehead atoms. The number of carbonyl (C=O) groups excluding carboxylic acids is 1. The van der Waals surface area contributed by atoms with E-state index >= 15 is 0 Å². The van der Waals surface area contributed by atoms with E-state index in [2.05, 4.69) is 12.1 Å². The third-order valence-corrected chi connectivity index (χ3v) is 4.56. The second-order valence-electron chi connectivity index (χ2n) is 4.62. The second kappa shape index (κ2) is 5.53. The zero-order valence-corrected chi connectivity index (χ0v) is 10.6. The Labute approximate surface area is 102 Å². The summed E-state index contributed by atoms with van der Waals surface area (Å²) in [5.74, 6) is 2.04. The van der Waals surface area contributed by atoms with Crippen LogP contribution in [0, 0.1) is 12.8 Å². The normalized spacial score (nSPS) is 16.6. The molecule has 0 heterocycles. The van der Waals surface area contributed by atoms with E-state index in [-0.39, 0.29) is 0 Å². The van der Waals surface area contributed by atoms with Crippen LogP contribution in [0.25, 0.3) is 0 Å². The van der Waals surface area contributed by atoms with Crippen molar-refractivity contribution in [3.05, 3.63) is 29.3 Å². The predicted octanol–water partition coefficient (Wildman–Crippen LogP) is 4.09. The Hall–Kier alpha value is -0.760. The number of hydrogen-bond acceptors (Lipinski definition) is 2. The first-order valence-electron chi connectivity index (χ1n) is 5.98. The Bertz CT molecular complexity index is 367. The quantitative estimate of drug-likeness (QED) is 0.576. The SMILES string of the molecule is Cc1ccc(SCC2CCCC2)c(C=O)c1. The summed E-state index contributed by atoms with van der Waals surface area (Å²) >= 11 is 1.85. The summed E-state index contributed by atoms with van der Waals surface area (Å²) in [6, 6.07) is 6.15. The Kier molecular flexibility index (Phi) is 4.05. The van der Waals surface area contributed by atoms with E-state index < -0.39 is 0 Å². The summed E-state index contributed by atoms with van der Waals surface area (Å²) in [6.07, 6.45) is 6.49. The van der Waals surface area contributed by atoms with Crippen molar-refractivity contribution in [3.8, 4) is 0 Å². The van der Waals surface area contributed by atoms with Gasteiger partial charge in [0, 0.05) is 16.2 Å². The van der Waals surface area contributed by atoms with E-state index in [4.69, 9.17) is 0 Å². The summed E-state index contributed by atoms with van der Waals surface area (Å²) in [4.78, 5) is 12.1. The molecular formula is C14H18OS. The highest BCUT2D eigenvalue weighted by Crippen LogP contribution is 2.32. The fourth-order valence-electron chi connectivity index (χ4n) is 2.28. The van der Waals surface area contributed by atoms with Gasteiger partial charge in [-0.15, -0.1) is 11.8 Å². The average molecular weight is 234 g/mol. The lowest BCUT2D eigenvalue weighted by atomic mass is 10.1. The molecule has 1 aromatic carbocycles. The smallest absolute Gasteiger partial charge is 0.151 e. The fourth-order valence-corrected chi connectivity index (χ4v) is 3.46. The lowest BCUT2D eigenvalue weighted by Crippen LogP contribution is -1.97. The molecule has 86 valence electrons. The van der Waals surface area contributed by atoms with Crippen molar-refractivity contribution in [2.24, 2.45) is 5.92 Å². The molecule has 0 spiro atoms. The zero-order valence-electron chi connectivity index (χ0n) is 9.74. The van der Waals surface area contributed by atoms with Crippen molar-refractivity contribution >= 4 is 18.0 Å². The first-order valence-corrected chi connectivity index (χ1v) is 6.97. The number of aryl methyl sites for hydroxylation is 1. The molecule has 0 unspecified atom stereocenters. The van der Waals surface area contributed by atoms with Crippen LogP contribution < -0.4 is 0 Å². The molecule has 16 heavy (non-hydrogen) atoms. The lowest BCUT2D eigenvalue weighted by molar-refractivity contribution is 0.112. The van der Waals surface area contributed by atoms with Crippen LogP contribution in [0.15, 0.2) is 23.1 Å². The van der Waals surface area contributed by atoms with Crippen molar-refractivity contribution in [3.63, 3.8) is 0 Å². The molecule has 0 aromatic heterocycles. The maximum atomic E-state index is 11.0. The van der Waals surface area contributed by atoms with Crippen molar-refractivity contribution < 1.29 is 4.79 Å². The van der Waals surface area contributed by atoms with Crippen LogP contribution in [0.4, 0.5) is 0 Å². The number of thioether (sulfide) groups is 1. The van der Waals surface area contributed by atoms with E-state index in [1.807, 2.05) is 24.8 Å². The van der Waals surface area contributed by atoms with Gasteiger partial charge in [0.05, 0.1) is 0 Å². The Morgan fingerprint density at radius 3 is 2.81 bits per heavy atom. The number of aldehydes is 1. The minimum absolute atomic E-state index is 0.850. The molecule has 1 fully saturated rings. The first kappa shape index (κ1) is 11.7. The highest BCUT2D eigenvalue weighted by molar-refractivity contribution is 7.99. The van der Waals surface area contributed by atoms with Crippen LogP contribution in [0.3, 0.4) is 0 Å². The molecule has 1 saturated carbocycles. The maximum Gasteiger partial charge on any atom is 0.151 e. The fraction of sp³-hybridized carbons (Fsp3) is 0.500. The van der Waals surface area contributed by atoms with Gasteiger partial charge in [0.1, 0.15) is 0 Å². The summed E-state index contributed by atoms with van der Waals surface area (Å²) in [5, 5.41) is 0. The summed E-state index contributed by atoms with van der Waals surface area (Å²) < 4.78 is 0. The van der Waals surface area contributed by atoms with Gasteiger partial charge in [-0.25, -0.2) is 0 Å². The van der Waals surface area contributed by atoms with Gasteiger partial charge in [-0.1, -0.05) is 24.5 Å². The number of benzene rings is 1. The van der Waals surface area contributed by atoms with E-state index in [1.54, 1.807) is 0 Å². The summed E-state index contributed by atoms with van der Waals surface area (Å²) in [7, 11) is 0. The highest BCUT2D eigenvalue weighted by Gasteiger charge is 2.15. The minimum atomic E-state index is 0.850. The molecular weight excluding hydrogens is 216 g/mol. The first-order chi connectivity index (χ1) is 7.79. The van der Waals surface area contributed by atoms with Gasteiger partial charge < -0.3 is 0 Å². The number of hydrogen-bond donors (Lipinski definition) is 0. The van der Waals surface area contributed by atoms with Crippen molar-refractivity contribution in [1.29, 1.82) is 0 Å².